The average molecular weight is 240 g/mol. The summed E-state index contributed by atoms with van der Waals surface area (Å²) >= 11 is 12.5. The molecule has 0 aliphatic carbocycles. The highest BCUT2D eigenvalue weighted by molar-refractivity contribution is 7.16. The first-order chi connectivity index (χ1) is 6.13. The number of aromatic nitrogens is 1. The van der Waals surface area contributed by atoms with E-state index >= 15 is 0 Å². The minimum atomic E-state index is -0.315. The topological polar surface area (TPSA) is 39.2 Å². The molecule has 6 heteroatoms. The average Bonchev–Trinajstić information content (AvgIpc) is 2.31. The van der Waals surface area contributed by atoms with Gasteiger partial charge in [0, 0.05) is 0 Å². The van der Waals surface area contributed by atoms with E-state index in [1.807, 2.05) is 0 Å². The summed E-state index contributed by atoms with van der Waals surface area (Å²) in [7, 11) is 0. The Hall–Kier alpha value is -0.320. The number of carbonyl (C=O) groups excluding carboxylic acids is 1. The predicted molar refractivity (Wildman–Crippen MR) is 52.5 cm³/mol. The summed E-state index contributed by atoms with van der Waals surface area (Å²) in [6, 6.07) is 0. The van der Waals surface area contributed by atoms with Crippen LogP contribution in [0, 0.1) is 0 Å². The zero-order valence-corrected chi connectivity index (χ0v) is 9.17. The van der Waals surface area contributed by atoms with Crippen molar-refractivity contribution >= 4 is 40.5 Å². The van der Waals surface area contributed by atoms with Crippen LogP contribution in [0.25, 0.3) is 0 Å². The van der Waals surface area contributed by atoms with Crippen molar-refractivity contribution in [1.29, 1.82) is 0 Å². The van der Waals surface area contributed by atoms with Crippen molar-refractivity contribution < 1.29 is 9.53 Å². The molecule has 0 aliphatic rings. The molecular weight excluding hydrogens is 233 g/mol. The molecule has 13 heavy (non-hydrogen) atoms. The fraction of sp³-hybridized carbons (Fsp3) is 0.429. The molecular formula is C7H7Cl2NO2S. The van der Waals surface area contributed by atoms with E-state index in [2.05, 4.69) is 4.98 Å². The summed E-state index contributed by atoms with van der Waals surface area (Å²) in [5, 5.41) is 0.819. The SMILES string of the molecule is CCOC(=O)Cc1nc(Cl)c(Cl)s1. The highest BCUT2D eigenvalue weighted by atomic mass is 35.5. The Morgan fingerprint density at radius 2 is 2.31 bits per heavy atom. The molecule has 0 radical (unpaired) electrons. The largest absolute Gasteiger partial charge is 0.466 e. The maximum atomic E-state index is 11.0. The van der Waals surface area contributed by atoms with Gasteiger partial charge in [-0.3, -0.25) is 4.79 Å². The first kappa shape index (κ1) is 10.8. The van der Waals surface area contributed by atoms with Gasteiger partial charge < -0.3 is 4.74 Å². The van der Waals surface area contributed by atoms with E-state index in [0.29, 0.717) is 16.0 Å². The van der Waals surface area contributed by atoms with Crippen LogP contribution in [0.3, 0.4) is 0 Å². The molecule has 1 heterocycles. The molecule has 0 fully saturated rings. The van der Waals surface area contributed by atoms with Gasteiger partial charge in [0.1, 0.15) is 9.34 Å². The standard InChI is InChI=1S/C7H7Cl2NO2S/c1-2-12-5(11)3-4-10-6(8)7(9)13-4/h2-3H2,1H3. The lowest BCUT2D eigenvalue weighted by Crippen LogP contribution is -2.06. The van der Waals surface area contributed by atoms with Gasteiger partial charge in [-0.1, -0.05) is 23.2 Å². The molecule has 0 saturated heterocycles. The third-order valence-corrected chi connectivity index (χ3v) is 2.93. The second-order valence-corrected chi connectivity index (χ2v) is 4.20. The lowest BCUT2D eigenvalue weighted by molar-refractivity contribution is -0.142. The van der Waals surface area contributed by atoms with E-state index < -0.39 is 0 Å². The number of ether oxygens (including phenoxy) is 1. The Balaban J connectivity index is 2.59. The van der Waals surface area contributed by atoms with Gasteiger partial charge in [-0.2, -0.15) is 0 Å². The fourth-order valence-corrected chi connectivity index (χ4v) is 1.97. The Morgan fingerprint density at radius 1 is 1.62 bits per heavy atom. The second-order valence-electron chi connectivity index (χ2n) is 2.15. The Morgan fingerprint density at radius 3 is 2.77 bits per heavy atom. The zero-order valence-electron chi connectivity index (χ0n) is 6.84. The maximum absolute atomic E-state index is 11.0. The van der Waals surface area contributed by atoms with Crippen LogP contribution in [0.15, 0.2) is 0 Å². The van der Waals surface area contributed by atoms with Crippen molar-refractivity contribution in [1.82, 2.24) is 4.98 Å². The van der Waals surface area contributed by atoms with E-state index in [1.54, 1.807) is 6.92 Å². The number of halogens is 2. The van der Waals surface area contributed by atoms with Crippen molar-refractivity contribution in [2.45, 2.75) is 13.3 Å². The summed E-state index contributed by atoms with van der Waals surface area (Å²) in [5.74, 6) is -0.315. The van der Waals surface area contributed by atoms with Crippen molar-refractivity contribution in [3.63, 3.8) is 0 Å². The lowest BCUT2D eigenvalue weighted by Gasteiger charge is -1.97. The first-order valence-electron chi connectivity index (χ1n) is 3.59. The number of hydrogen-bond donors (Lipinski definition) is 0. The molecule has 0 amide bonds. The number of hydrogen-bond acceptors (Lipinski definition) is 4. The van der Waals surface area contributed by atoms with Crippen molar-refractivity contribution in [2.75, 3.05) is 6.61 Å². The van der Waals surface area contributed by atoms with Crippen LogP contribution in [0.1, 0.15) is 11.9 Å². The second kappa shape index (κ2) is 4.79. The van der Waals surface area contributed by atoms with E-state index in [0.717, 1.165) is 0 Å². The minimum Gasteiger partial charge on any atom is -0.466 e. The summed E-state index contributed by atoms with van der Waals surface area (Å²) in [6.07, 6.45) is 0.130. The fourth-order valence-electron chi connectivity index (χ4n) is 0.733. The molecule has 0 aromatic carbocycles. The Labute approximate surface area is 89.6 Å². The number of thiazole rings is 1. The summed E-state index contributed by atoms with van der Waals surface area (Å²) < 4.78 is 5.14. The number of carbonyl (C=O) groups is 1. The van der Waals surface area contributed by atoms with Gasteiger partial charge in [-0.25, -0.2) is 4.98 Å². The normalized spacial score (nSPS) is 10.1. The van der Waals surface area contributed by atoms with Crippen molar-refractivity contribution in [2.24, 2.45) is 0 Å². The van der Waals surface area contributed by atoms with Crippen LogP contribution in [-0.4, -0.2) is 17.6 Å². The van der Waals surface area contributed by atoms with Crippen LogP contribution in [-0.2, 0) is 16.0 Å². The van der Waals surface area contributed by atoms with E-state index in [9.17, 15) is 4.79 Å². The molecule has 1 rings (SSSR count). The van der Waals surface area contributed by atoms with Crippen LogP contribution >= 0.6 is 34.5 Å². The maximum Gasteiger partial charge on any atom is 0.312 e. The van der Waals surface area contributed by atoms with Crippen molar-refractivity contribution in [3.8, 4) is 0 Å². The van der Waals surface area contributed by atoms with Gasteiger partial charge in [-0.05, 0) is 6.92 Å². The smallest absolute Gasteiger partial charge is 0.312 e. The molecule has 3 nitrogen and oxygen atoms in total. The quantitative estimate of drug-likeness (QED) is 0.762. The van der Waals surface area contributed by atoms with E-state index in [-0.39, 0.29) is 17.5 Å². The molecule has 1 aromatic heterocycles. The third-order valence-electron chi connectivity index (χ3n) is 1.19. The van der Waals surface area contributed by atoms with E-state index in [4.69, 9.17) is 27.9 Å². The van der Waals surface area contributed by atoms with Crippen LogP contribution in [0.2, 0.25) is 9.49 Å². The number of nitrogens with zero attached hydrogens (tertiary/aromatic N) is 1. The first-order valence-corrected chi connectivity index (χ1v) is 5.17. The number of rotatable bonds is 3. The monoisotopic (exact) mass is 239 g/mol. The van der Waals surface area contributed by atoms with Gasteiger partial charge >= 0.3 is 5.97 Å². The summed E-state index contributed by atoms with van der Waals surface area (Å²) in [4.78, 5) is 14.9. The third kappa shape index (κ3) is 3.14. The molecule has 0 spiro atoms. The molecule has 0 atom stereocenters. The van der Waals surface area contributed by atoms with Crippen molar-refractivity contribution in [3.05, 3.63) is 14.5 Å². The van der Waals surface area contributed by atoms with Gasteiger partial charge in [0.05, 0.1) is 13.0 Å². The summed E-state index contributed by atoms with van der Waals surface area (Å²) in [5.41, 5.74) is 0. The highest BCUT2D eigenvalue weighted by Crippen LogP contribution is 2.28. The summed E-state index contributed by atoms with van der Waals surface area (Å²) in [6.45, 7) is 2.12. The Bertz CT molecular complexity index is 294. The molecule has 1 aromatic rings. The molecule has 72 valence electrons. The van der Waals surface area contributed by atoms with Crippen LogP contribution < -0.4 is 0 Å². The van der Waals surface area contributed by atoms with Gasteiger partial charge in [0.15, 0.2) is 5.15 Å². The van der Waals surface area contributed by atoms with Gasteiger partial charge in [-0.15, -0.1) is 11.3 Å². The highest BCUT2D eigenvalue weighted by Gasteiger charge is 2.11. The van der Waals surface area contributed by atoms with Gasteiger partial charge in [0.25, 0.3) is 0 Å². The van der Waals surface area contributed by atoms with Crippen LogP contribution in [0.5, 0.6) is 0 Å². The van der Waals surface area contributed by atoms with Crippen LogP contribution in [0.4, 0.5) is 0 Å². The number of esters is 1. The molecule has 0 bridgehead atoms. The lowest BCUT2D eigenvalue weighted by atomic mass is 10.4. The molecule has 0 aliphatic heterocycles. The zero-order chi connectivity index (χ0) is 9.84. The molecule has 0 saturated carbocycles. The van der Waals surface area contributed by atoms with E-state index in [1.165, 1.54) is 11.3 Å². The molecule has 0 unspecified atom stereocenters. The predicted octanol–water partition coefficient (Wildman–Crippen LogP) is 2.56. The Kier molecular flexibility index (Phi) is 3.96. The molecule has 0 N–H and O–H groups in total. The van der Waals surface area contributed by atoms with Gasteiger partial charge in [0.2, 0.25) is 0 Å². The minimum absolute atomic E-state index is 0.130.